The summed E-state index contributed by atoms with van der Waals surface area (Å²) in [6, 6.07) is 10.6. The van der Waals surface area contributed by atoms with Crippen molar-refractivity contribution >= 4 is 11.3 Å². The van der Waals surface area contributed by atoms with Gasteiger partial charge in [-0.25, -0.2) is 0 Å². The van der Waals surface area contributed by atoms with Gasteiger partial charge in [-0.05, 0) is 55.0 Å². The fourth-order valence-corrected chi connectivity index (χ4v) is 2.76. The summed E-state index contributed by atoms with van der Waals surface area (Å²) in [5.74, 6) is 0.970. The molecule has 2 aromatic rings. The molecule has 1 N–H and O–H groups in total. The first kappa shape index (κ1) is 14.1. The Balaban J connectivity index is 1.61. The fourth-order valence-electron chi connectivity index (χ4n) is 2.05. The molecule has 19 heavy (non-hydrogen) atoms. The number of nitrogens with one attached hydrogen (secondary N) is 1. The number of hydrogen-bond donors (Lipinski definition) is 1. The Labute approximate surface area is 119 Å². The number of hydrogen-bond acceptors (Lipinski definition) is 3. The summed E-state index contributed by atoms with van der Waals surface area (Å²) in [6.45, 7) is 6.81. The standard InChI is InChI=1S/C16H21NOS/c1-13-10-14(2)12-15(11-13)18-8-7-17-6-5-16-4-3-9-19-16/h3-4,9-12,17H,5-8H2,1-2H3. The van der Waals surface area contributed by atoms with Gasteiger partial charge in [0.1, 0.15) is 12.4 Å². The second-order valence-corrected chi connectivity index (χ2v) is 5.78. The van der Waals surface area contributed by atoms with E-state index in [1.807, 2.05) is 11.3 Å². The number of rotatable bonds is 7. The van der Waals surface area contributed by atoms with Crippen molar-refractivity contribution < 1.29 is 4.74 Å². The lowest BCUT2D eigenvalue weighted by Gasteiger charge is -2.09. The Hall–Kier alpha value is -1.32. The Morgan fingerprint density at radius 2 is 1.89 bits per heavy atom. The van der Waals surface area contributed by atoms with Gasteiger partial charge in [-0.2, -0.15) is 0 Å². The summed E-state index contributed by atoms with van der Waals surface area (Å²) in [4.78, 5) is 1.43. The molecule has 2 rings (SSSR count). The number of aryl methyl sites for hydroxylation is 2. The van der Waals surface area contributed by atoms with Crippen LogP contribution in [-0.2, 0) is 6.42 Å². The van der Waals surface area contributed by atoms with Crippen LogP contribution in [0.1, 0.15) is 16.0 Å². The van der Waals surface area contributed by atoms with Gasteiger partial charge in [0.25, 0.3) is 0 Å². The van der Waals surface area contributed by atoms with E-state index >= 15 is 0 Å². The van der Waals surface area contributed by atoms with E-state index in [2.05, 4.69) is 54.9 Å². The topological polar surface area (TPSA) is 21.3 Å². The van der Waals surface area contributed by atoms with Crippen LogP contribution in [0.5, 0.6) is 5.75 Å². The number of benzene rings is 1. The molecule has 102 valence electrons. The second-order valence-electron chi connectivity index (χ2n) is 4.75. The first-order valence-corrected chi connectivity index (χ1v) is 7.56. The third kappa shape index (κ3) is 5.05. The van der Waals surface area contributed by atoms with Crippen LogP contribution < -0.4 is 10.1 Å². The minimum Gasteiger partial charge on any atom is -0.492 e. The van der Waals surface area contributed by atoms with Crippen LogP contribution >= 0.6 is 11.3 Å². The molecule has 0 fully saturated rings. The molecule has 2 nitrogen and oxygen atoms in total. The maximum absolute atomic E-state index is 5.75. The Morgan fingerprint density at radius 1 is 1.11 bits per heavy atom. The highest BCUT2D eigenvalue weighted by molar-refractivity contribution is 7.09. The summed E-state index contributed by atoms with van der Waals surface area (Å²) < 4.78 is 5.75. The first-order chi connectivity index (χ1) is 9.24. The molecule has 0 saturated carbocycles. The highest BCUT2D eigenvalue weighted by Gasteiger charge is 1.97. The third-order valence-electron chi connectivity index (χ3n) is 2.87. The average Bonchev–Trinajstić information content (AvgIpc) is 2.85. The zero-order valence-electron chi connectivity index (χ0n) is 11.6. The van der Waals surface area contributed by atoms with Crippen molar-refractivity contribution in [2.45, 2.75) is 20.3 Å². The van der Waals surface area contributed by atoms with Gasteiger partial charge in [-0.1, -0.05) is 12.1 Å². The minimum absolute atomic E-state index is 0.716. The van der Waals surface area contributed by atoms with E-state index in [1.54, 1.807) is 0 Å². The lowest BCUT2D eigenvalue weighted by Crippen LogP contribution is -2.23. The van der Waals surface area contributed by atoms with Crippen molar-refractivity contribution in [1.82, 2.24) is 5.32 Å². The molecule has 1 aromatic carbocycles. The lowest BCUT2D eigenvalue weighted by atomic mass is 10.1. The van der Waals surface area contributed by atoms with E-state index in [0.717, 1.165) is 25.3 Å². The molecule has 0 atom stereocenters. The van der Waals surface area contributed by atoms with Crippen LogP contribution in [0.15, 0.2) is 35.7 Å². The molecule has 0 spiro atoms. The van der Waals surface area contributed by atoms with E-state index in [4.69, 9.17) is 4.74 Å². The lowest BCUT2D eigenvalue weighted by molar-refractivity contribution is 0.314. The van der Waals surface area contributed by atoms with Gasteiger partial charge in [-0.15, -0.1) is 11.3 Å². The van der Waals surface area contributed by atoms with Crippen LogP contribution in [0, 0.1) is 13.8 Å². The molecule has 1 heterocycles. The van der Waals surface area contributed by atoms with Gasteiger partial charge in [0.05, 0.1) is 0 Å². The van der Waals surface area contributed by atoms with Gasteiger partial charge in [0.2, 0.25) is 0 Å². The average molecular weight is 275 g/mol. The van der Waals surface area contributed by atoms with E-state index in [-0.39, 0.29) is 0 Å². The SMILES string of the molecule is Cc1cc(C)cc(OCCNCCc2cccs2)c1. The third-order valence-corrected chi connectivity index (χ3v) is 3.81. The molecule has 0 saturated heterocycles. The van der Waals surface area contributed by atoms with Gasteiger partial charge in [0, 0.05) is 18.0 Å². The normalized spacial score (nSPS) is 10.6. The van der Waals surface area contributed by atoms with Crippen LogP contribution in [0.3, 0.4) is 0 Å². The number of ether oxygens (including phenoxy) is 1. The quantitative estimate of drug-likeness (QED) is 0.780. The minimum atomic E-state index is 0.716. The molecule has 0 aliphatic rings. The van der Waals surface area contributed by atoms with Crippen molar-refractivity contribution in [3.63, 3.8) is 0 Å². The van der Waals surface area contributed by atoms with E-state index < -0.39 is 0 Å². The van der Waals surface area contributed by atoms with Gasteiger partial charge in [0.15, 0.2) is 0 Å². The Bertz CT molecular complexity index is 473. The molecular formula is C16H21NOS. The smallest absolute Gasteiger partial charge is 0.119 e. The number of thiophene rings is 1. The maximum Gasteiger partial charge on any atom is 0.119 e. The van der Waals surface area contributed by atoms with Gasteiger partial charge < -0.3 is 10.1 Å². The Morgan fingerprint density at radius 3 is 2.58 bits per heavy atom. The molecule has 0 amide bonds. The molecule has 0 radical (unpaired) electrons. The predicted octanol–water partition coefficient (Wildman–Crippen LogP) is 3.58. The highest BCUT2D eigenvalue weighted by atomic mass is 32.1. The summed E-state index contributed by atoms with van der Waals surface area (Å²) in [6.07, 6.45) is 1.10. The molecule has 3 heteroatoms. The van der Waals surface area contributed by atoms with Crippen LogP contribution in [0.4, 0.5) is 0 Å². The largest absolute Gasteiger partial charge is 0.492 e. The Kier molecular flexibility index (Phi) is 5.43. The van der Waals surface area contributed by atoms with Gasteiger partial charge in [-0.3, -0.25) is 0 Å². The molecule has 1 aromatic heterocycles. The van der Waals surface area contributed by atoms with E-state index in [1.165, 1.54) is 16.0 Å². The van der Waals surface area contributed by atoms with Crippen molar-refractivity contribution in [3.05, 3.63) is 51.7 Å². The first-order valence-electron chi connectivity index (χ1n) is 6.68. The predicted molar refractivity (Wildman–Crippen MR) is 82.3 cm³/mol. The van der Waals surface area contributed by atoms with Crippen molar-refractivity contribution in [2.24, 2.45) is 0 Å². The van der Waals surface area contributed by atoms with Crippen molar-refractivity contribution in [2.75, 3.05) is 19.7 Å². The highest BCUT2D eigenvalue weighted by Crippen LogP contribution is 2.15. The zero-order valence-corrected chi connectivity index (χ0v) is 12.4. The molecule has 0 bridgehead atoms. The maximum atomic E-state index is 5.75. The molecular weight excluding hydrogens is 254 g/mol. The molecule has 0 aliphatic heterocycles. The fraction of sp³-hybridized carbons (Fsp3) is 0.375. The van der Waals surface area contributed by atoms with E-state index in [0.29, 0.717) is 6.61 Å². The van der Waals surface area contributed by atoms with Gasteiger partial charge >= 0.3 is 0 Å². The van der Waals surface area contributed by atoms with E-state index in [9.17, 15) is 0 Å². The zero-order chi connectivity index (χ0) is 13.5. The monoisotopic (exact) mass is 275 g/mol. The van der Waals surface area contributed by atoms with Crippen LogP contribution in [0.25, 0.3) is 0 Å². The van der Waals surface area contributed by atoms with Crippen molar-refractivity contribution in [3.8, 4) is 5.75 Å². The second kappa shape index (κ2) is 7.31. The van der Waals surface area contributed by atoms with Crippen LogP contribution in [0.2, 0.25) is 0 Å². The summed E-state index contributed by atoms with van der Waals surface area (Å²) in [5, 5.41) is 5.53. The van der Waals surface area contributed by atoms with Crippen LogP contribution in [-0.4, -0.2) is 19.7 Å². The summed E-state index contributed by atoms with van der Waals surface area (Å²) >= 11 is 1.82. The molecule has 0 aliphatic carbocycles. The summed E-state index contributed by atoms with van der Waals surface area (Å²) in [7, 11) is 0. The van der Waals surface area contributed by atoms with Crippen molar-refractivity contribution in [1.29, 1.82) is 0 Å². The molecule has 0 unspecified atom stereocenters. The summed E-state index contributed by atoms with van der Waals surface area (Å²) in [5.41, 5.74) is 2.50.